The summed E-state index contributed by atoms with van der Waals surface area (Å²) in [7, 11) is 1.63. The second-order valence-electron chi connectivity index (χ2n) is 4.92. The van der Waals surface area contributed by atoms with Gasteiger partial charge in [-0.1, -0.05) is 12.1 Å². The number of rotatable bonds is 3. The molecule has 0 radical (unpaired) electrons. The van der Waals surface area contributed by atoms with Crippen molar-refractivity contribution in [2.75, 3.05) is 38.2 Å². The van der Waals surface area contributed by atoms with Crippen LogP contribution in [0.5, 0.6) is 5.75 Å². The molecule has 1 aromatic carbocycles. The molecule has 21 heavy (non-hydrogen) atoms. The van der Waals surface area contributed by atoms with E-state index in [0.717, 1.165) is 48.9 Å². The van der Waals surface area contributed by atoms with Crippen LogP contribution in [0.3, 0.4) is 0 Å². The minimum absolute atomic E-state index is 0.341. The SMILES string of the molecule is COc1cccc(-c2[nH]c(=O)ncc2N2CCNCC2)c1. The average Bonchev–Trinajstić information content (AvgIpc) is 2.55. The predicted molar refractivity (Wildman–Crippen MR) is 81.9 cm³/mol. The Bertz CT molecular complexity index is 677. The molecule has 0 saturated carbocycles. The molecule has 110 valence electrons. The number of benzene rings is 1. The molecule has 0 aliphatic carbocycles. The lowest BCUT2D eigenvalue weighted by atomic mass is 10.1. The molecule has 2 N–H and O–H groups in total. The van der Waals surface area contributed by atoms with Gasteiger partial charge in [-0.3, -0.25) is 0 Å². The van der Waals surface area contributed by atoms with E-state index in [1.54, 1.807) is 13.3 Å². The largest absolute Gasteiger partial charge is 0.497 e. The van der Waals surface area contributed by atoms with Gasteiger partial charge >= 0.3 is 5.69 Å². The zero-order valence-electron chi connectivity index (χ0n) is 11.9. The van der Waals surface area contributed by atoms with Gasteiger partial charge in [-0.15, -0.1) is 0 Å². The number of hydrogen-bond acceptors (Lipinski definition) is 5. The maximum absolute atomic E-state index is 11.6. The predicted octanol–water partition coefficient (Wildman–Crippen LogP) is 0.855. The Hall–Kier alpha value is -2.34. The first-order chi connectivity index (χ1) is 10.3. The fourth-order valence-electron chi connectivity index (χ4n) is 2.53. The van der Waals surface area contributed by atoms with Gasteiger partial charge in [0.15, 0.2) is 0 Å². The lowest BCUT2D eigenvalue weighted by Gasteiger charge is -2.30. The topological polar surface area (TPSA) is 70.2 Å². The fraction of sp³-hybridized carbons (Fsp3) is 0.333. The summed E-state index contributed by atoms with van der Waals surface area (Å²) in [6, 6.07) is 7.66. The summed E-state index contributed by atoms with van der Waals surface area (Å²) < 4.78 is 5.26. The second kappa shape index (κ2) is 5.97. The van der Waals surface area contributed by atoms with Crippen LogP contribution in [0.15, 0.2) is 35.3 Å². The van der Waals surface area contributed by atoms with Crippen LogP contribution >= 0.6 is 0 Å². The van der Waals surface area contributed by atoms with Crippen molar-refractivity contribution in [3.05, 3.63) is 40.9 Å². The molecule has 1 fully saturated rings. The summed E-state index contributed by atoms with van der Waals surface area (Å²) in [5.74, 6) is 0.761. The third-order valence-electron chi connectivity index (χ3n) is 3.61. The van der Waals surface area contributed by atoms with Crippen LogP contribution in [0.1, 0.15) is 0 Å². The molecule has 1 aliphatic heterocycles. The van der Waals surface area contributed by atoms with E-state index < -0.39 is 0 Å². The molecule has 3 rings (SSSR count). The minimum Gasteiger partial charge on any atom is -0.497 e. The van der Waals surface area contributed by atoms with Crippen molar-refractivity contribution in [3.8, 4) is 17.0 Å². The monoisotopic (exact) mass is 286 g/mol. The molecule has 0 spiro atoms. The van der Waals surface area contributed by atoms with E-state index >= 15 is 0 Å². The van der Waals surface area contributed by atoms with E-state index in [1.807, 2.05) is 24.3 Å². The Balaban J connectivity index is 2.06. The third-order valence-corrected chi connectivity index (χ3v) is 3.61. The van der Waals surface area contributed by atoms with Crippen molar-refractivity contribution < 1.29 is 4.74 Å². The van der Waals surface area contributed by atoms with Gasteiger partial charge in [0.05, 0.1) is 24.7 Å². The first kappa shape index (κ1) is 13.6. The van der Waals surface area contributed by atoms with Gasteiger partial charge in [-0.05, 0) is 12.1 Å². The van der Waals surface area contributed by atoms with Crippen molar-refractivity contribution in [3.63, 3.8) is 0 Å². The number of H-pyrrole nitrogens is 1. The number of anilines is 1. The molecule has 0 amide bonds. The summed E-state index contributed by atoms with van der Waals surface area (Å²) in [6.07, 6.45) is 1.65. The van der Waals surface area contributed by atoms with Gasteiger partial charge in [0.25, 0.3) is 0 Å². The molecule has 0 atom stereocenters. The van der Waals surface area contributed by atoms with E-state index in [9.17, 15) is 4.79 Å². The Morgan fingerprint density at radius 1 is 1.29 bits per heavy atom. The quantitative estimate of drug-likeness (QED) is 0.875. The third kappa shape index (κ3) is 2.90. The zero-order valence-corrected chi connectivity index (χ0v) is 11.9. The van der Waals surface area contributed by atoms with Crippen molar-refractivity contribution in [2.24, 2.45) is 0 Å². The Labute approximate surface area is 122 Å². The van der Waals surface area contributed by atoms with Crippen LogP contribution in [-0.4, -0.2) is 43.3 Å². The van der Waals surface area contributed by atoms with Crippen LogP contribution in [0.25, 0.3) is 11.3 Å². The van der Waals surface area contributed by atoms with E-state index in [2.05, 4.69) is 20.2 Å². The first-order valence-corrected chi connectivity index (χ1v) is 6.97. The summed E-state index contributed by atoms with van der Waals surface area (Å²) in [6.45, 7) is 3.64. The van der Waals surface area contributed by atoms with Crippen LogP contribution in [0.2, 0.25) is 0 Å². The first-order valence-electron chi connectivity index (χ1n) is 6.97. The molecule has 2 heterocycles. The maximum atomic E-state index is 11.6. The van der Waals surface area contributed by atoms with Crippen LogP contribution < -0.4 is 20.6 Å². The molecule has 6 nitrogen and oxygen atoms in total. The Kier molecular flexibility index (Phi) is 3.87. The summed E-state index contributed by atoms with van der Waals surface area (Å²) >= 11 is 0. The highest BCUT2D eigenvalue weighted by atomic mass is 16.5. The van der Waals surface area contributed by atoms with Crippen molar-refractivity contribution in [1.29, 1.82) is 0 Å². The molecule has 1 saturated heterocycles. The standard InChI is InChI=1S/C15H18N4O2/c1-21-12-4-2-3-11(9-12)14-13(10-17-15(20)18-14)19-7-5-16-6-8-19/h2-4,9-10,16H,5-8H2,1H3,(H,17,18,20). The maximum Gasteiger partial charge on any atom is 0.345 e. The van der Waals surface area contributed by atoms with Gasteiger partial charge in [-0.2, -0.15) is 4.98 Å². The van der Waals surface area contributed by atoms with E-state index in [-0.39, 0.29) is 5.69 Å². The molecule has 6 heteroatoms. The number of piperazine rings is 1. The molecule has 0 unspecified atom stereocenters. The number of aromatic nitrogens is 2. The molecular weight excluding hydrogens is 268 g/mol. The highest BCUT2D eigenvalue weighted by molar-refractivity contribution is 5.75. The van der Waals surface area contributed by atoms with Gasteiger partial charge in [0.1, 0.15) is 5.75 Å². The Morgan fingerprint density at radius 2 is 2.10 bits per heavy atom. The Morgan fingerprint density at radius 3 is 2.86 bits per heavy atom. The van der Waals surface area contributed by atoms with E-state index in [1.165, 1.54) is 0 Å². The van der Waals surface area contributed by atoms with Gasteiger partial charge in [0.2, 0.25) is 0 Å². The van der Waals surface area contributed by atoms with Gasteiger partial charge < -0.3 is 19.9 Å². The highest BCUT2D eigenvalue weighted by Crippen LogP contribution is 2.29. The number of nitrogens with one attached hydrogen (secondary N) is 2. The minimum atomic E-state index is -0.341. The molecule has 1 aliphatic rings. The number of ether oxygens (including phenoxy) is 1. The lowest BCUT2D eigenvalue weighted by molar-refractivity contribution is 0.415. The normalized spacial score (nSPS) is 15.0. The van der Waals surface area contributed by atoms with Crippen LogP contribution in [-0.2, 0) is 0 Å². The van der Waals surface area contributed by atoms with Crippen LogP contribution in [0.4, 0.5) is 5.69 Å². The number of methoxy groups -OCH3 is 1. The highest BCUT2D eigenvalue weighted by Gasteiger charge is 2.16. The summed E-state index contributed by atoms with van der Waals surface area (Å²) in [5.41, 5.74) is 2.31. The number of hydrogen-bond donors (Lipinski definition) is 2. The second-order valence-corrected chi connectivity index (χ2v) is 4.92. The van der Waals surface area contributed by atoms with Crippen molar-refractivity contribution in [2.45, 2.75) is 0 Å². The molecular formula is C15H18N4O2. The van der Waals surface area contributed by atoms with E-state index in [4.69, 9.17) is 4.74 Å². The van der Waals surface area contributed by atoms with Crippen molar-refractivity contribution >= 4 is 5.69 Å². The van der Waals surface area contributed by atoms with E-state index in [0.29, 0.717) is 0 Å². The fourth-order valence-corrected chi connectivity index (χ4v) is 2.53. The smallest absolute Gasteiger partial charge is 0.345 e. The average molecular weight is 286 g/mol. The number of aromatic amines is 1. The summed E-state index contributed by atoms with van der Waals surface area (Å²) in [4.78, 5) is 20.6. The van der Waals surface area contributed by atoms with Crippen LogP contribution in [0, 0.1) is 0 Å². The van der Waals surface area contributed by atoms with Gasteiger partial charge in [0, 0.05) is 31.7 Å². The number of nitrogens with zero attached hydrogens (tertiary/aromatic N) is 2. The lowest BCUT2D eigenvalue weighted by Crippen LogP contribution is -2.44. The molecule has 0 bridgehead atoms. The van der Waals surface area contributed by atoms with Gasteiger partial charge in [-0.25, -0.2) is 4.79 Å². The molecule has 1 aromatic heterocycles. The summed E-state index contributed by atoms with van der Waals surface area (Å²) in [5, 5.41) is 3.32. The van der Waals surface area contributed by atoms with Crippen molar-refractivity contribution in [1.82, 2.24) is 15.3 Å². The molecule has 2 aromatic rings. The zero-order chi connectivity index (χ0) is 14.7.